The van der Waals surface area contributed by atoms with Gasteiger partial charge in [0.25, 0.3) is 0 Å². The molecule has 0 aromatic carbocycles. The molecule has 0 saturated carbocycles. The molecular weight excluding hydrogens is 184 g/mol. The zero-order valence-electron chi connectivity index (χ0n) is 9.91. The summed E-state index contributed by atoms with van der Waals surface area (Å²) in [5.74, 6) is 1.04. The van der Waals surface area contributed by atoms with E-state index in [9.17, 15) is 0 Å². The quantitative estimate of drug-likeness (QED) is 0.720. The average molecular weight is 202 g/mol. The fraction of sp³-hybridized carbons (Fsp3) is 0.538. The topological polar surface area (TPSA) is 25.2 Å². The minimum absolute atomic E-state index is 0.499. The Morgan fingerprint density at radius 2 is 1.87 bits per heavy atom. The summed E-state index contributed by atoms with van der Waals surface area (Å²) in [4.78, 5) is 9.04. The number of nitrogens with zero attached hydrogens (tertiary/aromatic N) is 2. The number of aliphatic imine (C=N–C) groups is 1. The van der Waals surface area contributed by atoms with E-state index >= 15 is 0 Å². The lowest BCUT2D eigenvalue weighted by atomic mass is 10.0. The van der Waals surface area contributed by atoms with Gasteiger partial charge in [0.15, 0.2) is 0 Å². The summed E-state index contributed by atoms with van der Waals surface area (Å²) < 4.78 is 0. The van der Waals surface area contributed by atoms with Gasteiger partial charge in [-0.2, -0.15) is 0 Å². The lowest BCUT2D eigenvalue weighted by Gasteiger charge is -2.05. The molecule has 2 nitrogen and oxygen atoms in total. The summed E-state index contributed by atoms with van der Waals surface area (Å²) >= 11 is 0. The number of pyridine rings is 1. The first kappa shape index (κ1) is 10.3. The van der Waals surface area contributed by atoms with E-state index in [4.69, 9.17) is 0 Å². The number of hydrogen-bond acceptors (Lipinski definition) is 2. The van der Waals surface area contributed by atoms with Crippen LogP contribution in [0.2, 0.25) is 0 Å². The fourth-order valence-electron chi connectivity index (χ4n) is 1.79. The van der Waals surface area contributed by atoms with Crippen molar-refractivity contribution in [3.63, 3.8) is 0 Å². The molecule has 1 aromatic rings. The maximum absolute atomic E-state index is 4.61. The highest BCUT2D eigenvalue weighted by Crippen LogP contribution is 2.29. The Hall–Kier alpha value is -1.18. The second kappa shape index (κ2) is 3.76. The van der Waals surface area contributed by atoms with Crippen molar-refractivity contribution in [2.75, 3.05) is 0 Å². The lowest BCUT2D eigenvalue weighted by Crippen LogP contribution is -2.06. The van der Waals surface area contributed by atoms with E-state index in [0.29, 0.717) is 11.8 Å². The van der Waals surface area contributed by atoms with Crippen molar-refractivity contribution in [1.29, 1.82) is 0 Å². The van der Waals surface area contributed by atoms with Crippen molar-refractivity contribution in [2.24, 2.45) is 10.9 Å². The van der Waals surface area contributed by atoms with Crippen LogP contribution < -0.4 is 0 Å². The van der Waals surface area contributed by atoms with Crippen molar-refractivity contribution in [1.82, 2.24) is 4.98 Å². The second-order valence-electron chi connectivity index (χ2n) is 4.83. The Bertz CT molecular complexity index is 403. The maximum Gasteiger partial charge on any atom is 0.0848 e. The van der Waals surface area contributed by atoms with Crippen molar-refractivity contribution in [2.45, 2.75) is 40.0 Å². The van der Waals surface area contributed by atoms with Gasteiger partial charge in [-0.05, 0) is 23.5 Å². The molecule has 0 radical (unpaired) electrons. The van der Waals surface area contributed by atoms with Gasteiger partial charge >= 0.3 is 0 Å². The zero-order valence-corrected chi connectivity index (χ0v) is 9.91. The Labute approximate surface area is 91.5 Å². The molecule has 80 valence electrons. The second-order valence-corrected chi connectivity index (χ2v) is 4.83. The minimum atomic E-state index is 0.499. The molecule has 0 N–H and O–H groups in total. The Kier molecular flexibility index (Phi) is 2.59. The molecule has 1 aliphatic rings. The third kappa shape index (κ3) is 1.94. The van der Waals surface area contributed by atoms with Gasteiger partial charge in [0, 0.05) is 17.8 Å². The van der Waals surface area contributed by atoms with Crippen LogP contribution in [0, 0.1) is 5.92 Å². The molecule has 0 fully saturated rings. The number of fused-ring (bicyclic) bond motifs is 1. The van der Waals surface area contributed by atoms with Crippen molar-refractivity contribution in [3.8, 4) is 0 Å². The van der Waals surface area contributed by atoms with Crippen LogP contribution >= 0.6 is 0 Å². The molecular formula is C13H18N2. The van der Waals surface area contributed by atoms with E-state index in [1.807, 2.05) is 6.20 Å². The summed E-state index contributed by atoms with van der Waals surface area (Å²) in [6.07, 6.45) is 2.93. The molecule has 0 atom stereocenters. The third-order valence-electron chi connectivity index (χ3n) is 2.88. The molecule has 0 unspecified atom stereocenters. The average Bonchev–Trinajstić information content (AvgIpc) is 2.59. The van der Waals surface area contributed by atoms with Crippen LogP contribution in [-0.4, -0.2) is 10.7 Å². The van der Waals surface area contributed by atoms with E-state index in [-0.39, 0.29) is 0 Å². The van der Waals surface area contributed by atoms with Gasteiger partial charge in [-0.3, -0.25) is 9.98 Å². The fourth-order valence-corrected chi connectivity index (χ4v) is 1.79. The van der Waals surface area contributed by atoms with Gasteiger partial charge in [-0.15, -0.1) is 0 Å². The summed E-state index contributed by atoms with van der Waals surface area (Å²) in [6, 6.07) is 2.21. The van der Waals surface area contributed by atoms with Crippen LogP contribution in [0.25, 0.3) is 0 Å². The first-order valence-corrected chi connectivity index (χ1v) is 5.64. The van der Waals surface area contributed by atoms with Crippen LogP contribution in [0.5, 0.6) is 0 Å². The van der Waals surface area contributed by atoms with Crippen molar-refractivity contribution >= 4 is 11.4 Å². The van der Waals surface area contributed by atoms with Gasteiger partial charge in [0.05, 0.1) is 11.9 Å². The molecule has 15 heavy (non-hydrogen) atoms. The zero-order chi connectivity index (χ0) is 11.0. The summed E-state index contributed by atoms with van der Waals surface area (Å²) in [7, 11) is 0. The molecule has 0 aliphatic carbocycles. The predicted molar refractivity (Wildman–Crippen MR) is 64.0 cm³/mol. The van der Waals surface area contributed by atoms with Crippen molar-refractivity contribution < 1.29 is 0 Å². The maximum atomic E-state index is 4.61. The molecule has 0 saturated heterocycles. The monoisotopic (exact) mass is 202 g/mol. The first-order chi connectivity index (χ1) is 7.08. The first-order valence-electron chi connectivity index (χ1n) is 5.64. The van der Waals surface area contributed by atoms with Gasteiger partial charge in [0.1, 0.15) is 0 Å². The largest absolute Gasteiger partial charge is 0.259 e. The van der Waals surface area contributed by atoms with E-state index in [1.165, 1.54) is 17.0 Å². The molecule has 2 heteroatoms. The number of hydrogen-bond donors (Lipinski definition) is 0. The molecule has 0 spiro atoms. The van der Waals surface area contributed by atoms with Gasteiger partial charge in [0.2, 0.25) is 0 Å². The van der Waals surface area contributed by atoms with Crippen LogP contribution in [-0.2, 0) is 6.42 Å². The molecule has 0 bridgehead atoms. The van der Waals surface area contributed by atoms with Gasteiger partial charge in [-0.25, -0.2) is 0 Å². The third-order valence-corrected chi connectivity index (χ3v) is 2.88. The van der Waals surface area contributed by atoms with Gasteiger partial charge < -0.3 is 0 Å². The summed E-state index contributed by atoms with van der Waals surface area (Å²) in [5, 5.41) is 0. The normalized spacial score (nSPS) is 14.7. The van der Waals surface area contributed by atoms with E-state index in [2.05, 4.69) is 43.7 Å². The molecule has 2 rings (SSSR count). The lowest BCUT2D eigenvalue weighted by molar-refractivity contribution is 0.820. The highest BCUT2D eigenvalue weighted by atomic mass is 14.8. The Balaban J connectivity index is 2.31. The van der Waals surface area contributed by atoms with Gasteiger partial charge in [-0.1, -0.05) is 27.7 Å². The number of aromatic nitrogens is 1. The van der Waals surface area contributed by atoms with E-state index in [0.717, 1.165) is 12.1 Å². The summed E-state index contributed by atoms with van der Waals surface area (Å²) in [5.41, 5.74) is 4.88. The summed E-state index contributed by atoms with van der Waals surface area (Å²) in [6.45, 7) is 8.74. The Morgan fingerprint density at radius 3 is 2.47 bits per heavy atom. The minimum Gasteiger partial charge on any atom is -0.259 e. The number of rotatable bonds is 2. The van der Waals surface area contributed by atoms with Crippen molar-refractivity contribution in [3.05, 3.63) is 23.5 Å². The van der Waals surface area contributed by atoms with E-state index in [1.54, 1.807) is 0 Å². The standard InChI is InChI=1S/C13H18N2/c1-8(2)11-5-10-6-12(9(3)4)15-13(10)7-14-11/h5,7-9H,6H2,1-4H3. The van der Waals surface area contributed by atoms with Crippen LogP contribution in [0.1, 0.15) is 44.9 Å². The predicted octanol–water partition coefficient (Wildman–Crippen LogP) is 3.49. The highest BCUT2D eigenvalue weighted by Gasteiger charge is 2.18. The van der Waals surface area contributed by atoms with Crippen LogP contribution in [0.3, 0.4) is 0 Å². The Morgan fingerprint density at radius 1 is 1.13 bits per heavy atom. The van der Waals surface area contributed by atoms with E-state index < -0.39 is 0 Å². The highest BCUT2D eigenvalue weighted by molar-refractivity contribution is 5.95. The van der Waals surface area contributed by atoms with Crippen LogP contribution in [0.4, 0.5) is 5.69 Å². The molecule has 1 aliphatic heterocycles. The smallest absolute Gasteiger partial charge is 0.0848 e. The molecule has 0 amide bonds. The SMILES string of the molecule is CC(C)C1=Nc2cnc(C(C)C)cc2C1. The van der Waals surface area contributed by atoms with Crippen LogP contribution in [0.15, 0.2) is 17.3 Å². The molecule has 1 aromatic heterocycles. The molecule has 2 heterocycles.